The maximum absolute atomic E-state index is 9.97. The number of hydrazine groups is 2. The number of nitriles is 1. The number of fused-ring (bicyclic) bond motifs is 1. The average Bonchev–Trinajstić information content (AvgIpc) is 3.50. The summed E-state index contributed by atoms with van der Waals surface area (Å²) in [5, 5.41) is 18.4. The van der Waals surface area contributed by atoms with E-state index >= 15 is 0 Å². The van der Waals surface area contributed by atoms with Crippen molar-refractivity contribution in [3.05, 3.63) is 107 Å². The first-order valence-corrected chi connectivity index (χ1v) is 12.5. The molecule has 0 radical (unpaired) electrons. The molecule has 5 rings (SSSR count). The third-order valence-electron chi connectivity index (χ3n) is 6.32. The van der Waals surface area contributed by atoms with Gasteiger partial charge in [0.25, 0.3) is 0 Å². The zero-order valence-corrected chi connectivity index (χ0v) is 21.5. The molecule has 0 amide bonds. The molecule has 1 aliphatic rings. The van der Waals surface area contributed by atoms with Crippen LogP contribution >= 0.6 is 11.6 Å². The van der Waals surface area contributed by atoms with Crippen LogP contribution in [0.25, 0.3) is 10.9 Å². The van der Waals surface area contributed by atoms with E-state index in [1.54, 1.807) is 19.5 Å². The van der Waals surface area contributed by atoms with E-state index in [0.717, 1.165) is 27.9 Å². The summed E-state index contributed by atoms with van der Waals surface area (Å²) < 4.78 is 5.37. The number of nitrogens with one attached hydrogen (secondary N) is 5. The number of ether oxygens (including phenoxy) is 1. The lowest BCUT2D eigenvalue weighted by Crippen LogP contribution is -2.33. The minimum absolute atomic E-state index is 0.0858. The van der Waals surface area contributed by atoms with Crippen molar-refractivity contribution in [1.82, 2.24) is 26.4 Å². The van der Waals surface area contributed by atoms with E-state index in [1.807, 2.05) is 54.9 Å². The fourth-order valence-corrected chi connectivity index (χ4v) is 4.74. The lowest BCUT2D eigenvalue weighted by Gasteiger charge is -2.24. The molecule has 0 saturated carbocycles. The van der Waals surface area contributed by atoms with Gasteiger partial charge in [-0.3, -0.25) is 9.97 Å². The molecule has 2 aromatic heterocycles. The summed E-state index contributed by atoms with van der Waals surface area (Å²) in [7, 11) is 1.68. The maximum Gasteiger partial charge on any atom is 0.103 e. The molecule has 5 N–H and O–H groups in total. The van der Waals surface area contributed by atoms with Crippen LogP contribution in [-0.4, -0.2) is 23.7 Å². The number of hydrogen-bond donors (Lipinski definition) is 5. The molecule has 1 aliphatic heterocycles. The molecule has 0 bridgehead atoms. The van der Waals surface area contributed by atoms with Crippen molar-refractivity contribution in [2.45, 2.75) is 18.5 Å². The van der Waals surface area contributed by atoms with Crippen LogP contribution in [-0.2, 0) is 4.74 Å². The van der Waals surface area contributed by atoms with Gasteiger partial charge < -0.3 is 26.2 Å². The number of nitrogens with zero attached hydrogens (tertiary/aromatic N) is 3. The third-order valence-corrected chi connectivity index (χ3v) is 6.61. The van der Waals surface area contributed by atoms with Crippen LogP contribution in [0.2, 0.25) is 5.02 Å². The molecule has 0 saturated heterocycles. The number of methoxy groups -OCH3 is 1. The fourth-order valence-electron chi connectivity index (χ4n) is 4.47. The summed E-state index contributed by atoms with van der Waals surface area (Å²) in [5.74, 6) is 0. The van der Waals surface area contributed by atoms with Gasteiger partial charge in [-0.25, -0.2) is 0 Å². The predicted molar refractivity (Wildman–Crippen MR) is 149 cm³/mol. The second kappa shape index (κ2) is 11.8. The average molecular weight is 527 g/mol. The summed E-state index contributed by atoms with van der Waals surface area (Å²) in [4.78, 5) is 8.79. The number of anilines is 2. The molecule has 0 fully saturated rings. The van der Waals surface area contributed by atoms with Gasteiger partial charge in [0.15, 0.2) is 0 Å². The Balaban J connectivity index is 1.57. The molecule has 3 heterocycles. The van der Waals surface area contributed by atoms with Crippen LogP contribution in [0.3, 0.4) is 0 Å². The van der Waals surface area contributed by atoms with E-state index in [9.17, 15) is 5.26 Å². The zero-order chi connectivity index (χ0) is 26.3. The highest BCUT2D eigenvalue weighted by Crippen LogP contribution is 2.37. The molecule has 0 aliphatic carbocycles. The normalized spacial score (nSPS) is 14.1. The fraction of sp³-hybridized carbons (Fsp3) is 0.179. The molecular formula is C28H27ClN8O. The Labute approximate surface area is 225 Å². The van der Waals surface area contributed by atoms with Gasteiger partial charge in [-0.15, -0.1) is 0 Å². The summed E-state index contributed by atoms with van der Waals surface area (Å²) in [6.45, 7) is 0.558. The van der Waals surface area contributed by atoms with Crippen molar-refractivity contribution in [3.8, 4) is 6.07 Å². The molecule has 2 atom stereocenters. The lowest BCUT2D eigenvalue weighted by molar-refractivity contribution is 0.190. The Morgan fingerprint density at radius 1 is 1.08 bits per heavy atom. The van der Waals surface area contributed by atoms with Gasteiger partial charge in [0.1, 0.15) is 6.07 Å². The van der Waals surface area contributed by atoms with Crippen LogP contribution < -0.4 is 27.0 Å². The Hall–Kier alpha value is -4.36. The molecule has 0 unspecified atom stereocenters. The van der Waals surface area contributed by atoms with Crippen molar-refractivity contribution in [1.29, 1.82) is 5.26 Å². The highest BCUT2D eigenvalue weighted by atomic mass is 35.5. The molecule has 38 heavy (non-hydrogen) atoms. The van der Waals surface area contributed by atoms with Gasteiger partial charge in [-0.2, -0.15) is 10.8 Å². The largest absolute Gasteiger partial charge is 0.385 e. The van der Waals surface area contributed by atoms with E-state index in [-0.39, 0.29) is 12.1 Å². The summed E-state index contributed by atoms with van der Waals surface area (Å²) in [6, 6.07) is 19.8. The smallest absolute Gasteiger partial charge is 0.103 e. The van der Waals surface area contributed by atoms with Gasteiger partial charge in [0, 0.05) is 49.6 Å². The van der Waals surface area contributed by atoms with Gasteiger partial charge in [0.05, 0.1) is 39.6 Å². The Morgan fingerprint density at radius 3 is 2.63 bits per heavy atom. The molecule has 0 spiro atoms. The van der Waals surface area contributed by atoms with Crippen LogP contribution in [0.15, 0.2) is 85.1 Å². The van der Waals surface area contributed by atoms with Gasteiger partial charge >= 0.3 is 0 Å². The number of aromatic nitrogens is 2. The Bertz CT molecular complexity index is 1470. The van der Waals surface area contributed by atoms with Gasteiger partial charge in [-0.05, 0) is 35.7 Å². The second-order valence-electron chi connectivity index (χ2n) is 8.76. The summed E-state index contributed by atoms with van der Waals surface area (Å²) >= 11 is 6.76. The Kier molecular flexibility index (Phi) is 7.85. The lowest BCUT2D eigenvalue weighted by atomic mass is 10.0. The van der Waals surface area contributed by atoms with Crippen molar-refractivity contribution in [2.75, 3.05) is 24.4 Å². The third kappa shape index (κ3) is 5.48. The summed E-state index contributed by atoms with van der Waals surface area (Å²) in [6.07, 6.45) is 7.66. The molecule has 10 heteroatoms. The number of benzene rings is 2. The highest BCUT2D eigenvalue weighted by Gasteiger charge is 2.22. The molecule has 2 aromatic carbocycles. The van der Waals surface area contributed by atoms with Crippen LogP contribution in [0.5, 0.6) is 0 Å². The van der Waals surface area contributed by atoms with E-state index in [0.29, 0.717) is 34.8 Å². The molecule has 192 valence electrons. The molecule has 9 nitrogen and oxygen atoms in total. The van der Waals surface area contributed by atoms with E-state index in [4.69, 9.17) is 16.3 Å². The van der Waals surface area contributed by atoms with Crippen LogP contribution in [0.1, 0.15) is 35.2 Å². The number of halogens is 1. The minimum Gasteiger partial charge on any atom is -0.385 e. The SMILES string of the molecule is COCC[C@@H](Nc1c(C#N)cnc2c(Cl)cc(N[C@H](C3=CNNN3)c3cccnc3)cc12)c1ccccc1. The maximum atomic E-state index is 9.97. The van der Waals surface area contributed by atoms with E-state index in [1.165, 1.54) is 0 Å². The standard InChI is InChI=1S/C28H27ClN8O/c1-38-11-9-24(18-6-3-2-4-7-18)35-26-20(14-30)16-32-28-22(26)12-21(13-23(28)29)34-27(25-17-33-37-36-25)19-8-5-10-31-15-19/h2-8,10,12-13,15-17,24,27,33-34,36-37H,9,11H2,1H3,(H,32,35)/t24-,27+/m1/s1. The van der Waals surface area contributed by atoms with Gasteiger partial charge in [0.2, 0.25) is 0 Å². The first-order valence-electron chi connectivity index (χ1n) is 12.1. The van der Waals surface area contributed by atoms with Crippen LogP contribution in [0.4, 0.5) is 11.4 Å². The van der Waals surface area contributed by atoms with Crippen molar-refractivity contribution in [2.24, 2.45) is 0 Å². The summed E-state index contributed by atoms with van der Waals surface area (Å²) in [5.41, 5.74) is 14.4. The quantitative estimate of drug-likeness (QED) is 0.195. The monoisotopic (exact) mass is 526 g/mol. The van der Waals surface area contributed by atoms with Crippen LogP contribution in [0, 0.1) is 11.3 Å². The first-order chi connectivity index (χ1) is 18.7. The van der Waals surface area contributed by atoms with Gasteiger partial charge in [-0.1, -0.05) is 48.0 Å². The highest BCUT2D eigenvalue weighted by molar-refractivity contribution is 6.35. The zero-order valence-electron chi connectivity index (χ0n) is 20.7. The second-order valence-corrected chi connectivity index (χ2v) is 9.17. The minimum atomic E-state index is -0.248. The van der Waals surface area contributed by atoms with Crippen molar-refractivity contribution in [3.63, 3.8) is 0 Å². The molecule has 4 aromatic rings. The molecular weight excluding hydrogens is 500 g/mol. The number of pyridine rings is 2. The first kappa shape index (κ1) is 25.3. The number of hydrogen-bond acceptors (Lipinski definition) is 9. The number of rotatable bonds is 10. The Morgan fingerprint density at radius 2 is 1.92 bits per heavy atom. The topological polar surface area (TPSA) is 119 Å². The predicted octanol–water partition coefficient (Wildman–Crippen LogP) is 4.95. The van der Waals surface area contributed by atoms with E-state index < -0.39 is 0 Å². The van der Waals surface area contributed by atoms with E-state index in [2.05, 4.69) is 55.2 Å². The van der Waals surface area contributed by atoms with Crippen molar-refractivity contribution >= 4 is 33.9 Å². The van der Waals surface area contributed by atoms with Crippen molar-refractivity contribution < 1.29 is 4.74 Å².